The van der Waals surface area contributed by atoms with Crippen molar-refractivity contribution in [3.05, 3.63) is 0 Å². The van der Waals surface area contributed by atoms with Gasteiger partial charge in [0, 0.05) is 11.5 Å². The lowest BCUT2D eigenvalue weighted by Crippen LogP contribution is -2.58. The first-order valence-corrected chi connectivity index (χ1v) is 3.62. The molecule has 3 heteroatoms. The SMILES string of the molecule is O=CNC1CC2(COC2)C1. The van der Waals surface area contributed by atoms with Crippen LogP contribution in [0.25, 0.3) is 0 Å². The van der Waals surface area contributed by atoms with Crippen LogP contribution in [0.15, 0.2) is 0 Å². The Kier molecular flexibility index (Phi) is 1.20. The Morgan fingerprint density at radius 3 is 2.60 bits per heavy atom. The first-order valence-electron chi connectivity index (χ1n) is 3.62. The van der Waals surface area contributed by atoms with E-state index in [-0.39, 0.29) is 0 Å². The topological polar surface area (TPSA) is 38.3 Å². The predicted octanol–water partition coefficient (Wildman–Crippen LogP) is -0.0886. The third kappa shape index (κ3) is 0.736. The third-order valence-corrected chi connectivity index (χ3v) is 2.48. The smallest absolute Gasteiger partial charge is 0.207 e. The van der Waals surface area contributed by atoms with Gasteiger partial charge in [0.2, 0.25) is 6.41 Å². The summed E-state index contributed by atoms with van der Waals surface area (Å²) in [7, 11) is 0. The highest BCUT2D eigenvalue weighted by Gasteiger charge is 2.49. The molecule has 56 valence electrons. The molecule has 0 unspecified atom stereocenters. The van der Waals surface area contributed by atoms with Gasteiger partial charge in [-0.15, -0.1) is 0 Å². The van der Waals surface area contributed by atoms with Crippen molar-refractivity contribution >= 4 is 6.41 Å². The Hall–Kier alpha value is -0.570. The van der Waals surface area contributed by atoms with E-state index in [0.717, 1.165) is 32.5 Å². The molecule has 0 atom stereocenters. The van der Waals surface area contributed by atoms with Crippen molar-refractivity contribution in [1.29, 1.82) is 0 Å². The molecule has 2 fully saturated rings. The van der Waals surface area contributed by atoms with Gasteiger partial charge in [-0.05, 0) is 12.8 Å². The zero-order chi connectivity index (χ0) is 7.03. The molecule has 1 aliphatic heterocycles. The van der Waals surface area contributed by atoms with Gasteiger partial charge in [-0.2, -0.15) is 0 Å². The molecule has 1 spiro atoms. The molecule has 1 amide bonds. The maximum atomic E-state index is 9.98. The van der Waals surface area contributed by atoms with Crippen LogP contribution in [0.2, 0.25) is 0 Å². The summed E-state index contributed by atoms with van der Waals surface area (Å²) in [6.07, 6.45) is 3.02. The molecule has 1 saturated carbocycles. The van der Waals surface area contributed by atoms with Crippen molar-refractivity contribution in [2.45, 2.75) is 18.9 Å². The van der Waals surface area contributed by atoms with E-state index in [0.29, 0.717) is 11.5 Å². The van der Waals surface area contributed by atoms with Crippen molar-refractivity contribution in [2.75, 3.05) is 13.2 Å². The monoisotopic (exact) mass is 141 g/mol. The van der Waals surface area contributed by atoms with E-state index in [1.165, 1.54) is 0 Å². The number of carbonyl (C=O) groups is 1. The normalized spacial score (nSPS) is 28.8. The molecule has 10 heavy (non-hydrogen) atoms. The highest BCUT2D eigenvalue weighted by atomic mass is 16.5. The number of ether oxygens (including phenoxy) is 1. The molecular formula is C7H11NO2. The largest absolute Gasteiger partial charge is 0.380 e. The zero-order valence-electron chi connectivity index (χ0n) is 5.80. The Morgan fingerprint density at radius 2 is 2.20 bits per heavy atom. The van der Waals surface area contributed by atoms with Gasteiger partial charge in [-0.25, -0.2) is 0 Å². The summed E-state index contributed by atoms with van der Waals surface area (Å²) in [5.41, 5.74) is 0.473. The van der Waals surface area contributed by atoms with Crippen LogP contribution in [0.4, 0.5) is 0 Å². The first kappa shape index (κ1) is 6.16. The zero-order valence-corrected chi connectivity index (χ0v) is 5.80. The average molecular weight is 141 g/mol. The van der Waals surface area contributed by atoms with Gasteiger partial charge in [0.15, 0.2) is 0 Å². The standard InChI is InChI=1S/C7H11NO2/c9-5-8-6-1-7(2-6)3-10-4-7/h5-6H,1-4H2,(H,8,9). The van der Waals surface area contributed by atoms with Crippen molar-refractivity contribution < 1.29 is 9.53 Å². The Morgan fingerprint density at radius 1 is 1.50 bits per heavy atom. The molecule has 0 aromatic carbocycles. The molecule has 0 bridgehead atoms. The molecule has 2 rings (SSSR count). The number of amides is 1. The highest BCUT2D eigenvalue weighted by Crippen LogP contribution is 2.46. The molecule has 2 aliphatic rings. The van der Waals surface area contributed by atoms with E-state index >= 15 is 0 Å². The highest BCUT2D eigenvalue weighted by molar-refractivity contribution is 5.47. The number of carbonyl (C=O) groups excluding carboxylic acids is 1. The summed E-state index contributed by atoms with van der Waals surface area (Å²) >= 11 is 0. The van der Waals surface area contributed by atoms with Gasteiger partial charge in [0.25, 0.3) is 0 Å². The van der Waals surface area contributed by atoms with Gasteiger partial charge in [-0.1, -0.05) is 0 Å². The van der Waals surface area contributed by atoms with Gasteiger partial charge in [0.05, 0.1) is 13.2 Å². The second-order valence-corrected chi connectivity index (χ2v) is 3.38. The van der Waals surface area contributed by atoms with E-state index in [4.69, 9.17) is 4.74 Å². The molecular weight excluding hydrogens is 130 g/mol. The van der Waals surface area contributed by atoms with Crippen LogP contribution in [-0.2, 0) is 9.53 Å². The predicted molar refractivity (Wildman–Crippen MR) is 35.5 cm³/mol. The number of rotatable bonds is 2. The minimum atomic E-state index is 0.432. The van der Waals surface area contributed by atoms with Crippen LogP contribution in [0.1, 0.15) is 12.8 Å². The maximum Gasteiger partial charge on any atom is 0.207 e. The molecule has 1 heterocycles. The van der Waals surface area contributed by atoms with E-state index in [9.17, 15) is 4.79 Å². The molecule has 1 saturated heterocycles. The Labute approximate surface area is 59.7 Å². The quantitative estimate of drug-likeness (QED) is 0.546. The van der Waals surface area contributed by atoms with Crippen LogP contribution in [0, 0.1) is 5.41 Å². The van der Waals surface area contributed by atoms with Crippen LogP contribution < -0.4 is 5.32 Å². The van der Waals surface area contributed by atoms with Gasteiger partial charge in [0.1, 0.15) is 0 Å². The van der Waals surface area contributed by atoms with Crippen molar-refractivity contribution in [3.63, 3.8) is 0 Å². The van der Waals surface area contributed by atoms with Crippen LogP contribution in [-0.4, -0.2) is 25.7 Å². The van der Waals surface area contributed by atoms with E-state index < -0.39 is 0 Å². The molecule has 1 aliphatic carbocycles. The molecule has 1 N–H and O–H groups in total. The Bertz CT molecular complexity index is 146. The third-order valence-electron chi connectivity index (χ3n) is 2.48. The van der Waals surface area contributed by atoms with E-state index in [1.54, 1.807) is 0 Å². The summed E-state index contributed by atoms with van der Waals surface area (Å²) in [6, 6.07) is 0.432. The summed E-state index contributed by atoms with van der Waals surface area (Å²) < 4.78 is 5.09. The summed E-state index contributed by atoms with van der Waals surface area (Å²) in [4.78, 5) is 9.98. The lowest BCUT2D eigenvalue weighted by atomic mass is 9.64. The number of hydrogen-bond donors (Lipinski definition) is 1. The minimum Gasteiger partial charge on any atom is -0.380 e. The van der Waals surface area contributed by atoms with E-state index in [2.05, 4.69) is 5.32 Å². The second kappa shape index (κ2) is 1.95. The summed E-state index contributed by atoms with van der Waals surface area (Å²) in [5, 5.41) is 2.77. The van der Waals surface area contributed by atoms with Crippen molar-refractivity contribution in [1.82, 2.24) is 5.32 Å². The lowest BCUT2D eigenvalue weighted by molar-refractivity contribution is -0.168. The van der Waals surface area contributed by atoms with E-state index in [1.807, 2.05) is 0 Å². The van der Waals surface area contributed by atoms with Crippen molar-refractivity contribution in [3.8, 4) is 0 Å². The van der Waals surface area contributed by atoms with Gasteiger partial charge < -0.3 is 10.1 Å². The fourth-order valence-corrected chi connectivity index (χ4v) is 1.83. The number of nitrogens with one attached hydrogen (secondary N) is 1. The Balaban J connectivity index is 1.77. The van der Waals surface area contributed by atoms with Gasteiger partial charge in [-0.3, -0.25) is 4.79 Å². The molecule has 0 radical (unpaired) electrons. The number of hydrogen-bond acceptors (Lipinski definition) is 2. The molecule has 3 nitrogen and oxygen atoms in total. The molecule has 0 aromatic heterocycles. The first-order chi connectivity index (χ1) is 4.85. The fourth-order valence-electron chi connectivity index (χ4n) is 1.83. The van der Waals surface area contributed by atoms with Crippen LogP contribution in [0.3, 0.4) is 0 Å². The molecule has 0 aromatic rings. The summed E-state index contributed by atoms with van der Waals surface area (Å²) in [6.45, 7) is 1.81. The van der Waals surface area contributed by atoms with Crippen LogP contribution in [0.5, 0.6) is 0 Å². The fraction of sp³-hybridized carbons (Fsp3) is 0.857. The summed E-state index contributed by atoms with van der Waals surface area (Å²) in [5.74, 6) is 0. The minimum absolute atomic E-state index is 0.432. The second-order valence-electron chi connectivity index (χ2n) is 3.38. The lowest BCUT2D eigenvalue weighted by Gasteiger charge is -2.52. The van der Waals surface area contributed by atoms with Crippen LogP contribution >= 0.6 is 0 Å². The average Bonchev–Trinajstić information content (AvgIpc) is 1.72. The van der Waals surface area contributed by atoms with Crippen molar-refractivity contribution in [2.24, 2.45) is 5.41 Å². The maximum absolute atomic E-state index is 9.98. The van der Waals surface area contributed by atoms with Gasteiger partial charge >= 0.3 is 0 Å².